The molecule has 0 saturated heterocycles. The Balaban J connectivity index is 1.49. The topological polar surface area (TPSA) is 177 Å². The Kier molecular flexibility index (Phi) is 7.46. The van der Waals surface area contributed by atoms with Gasteiger partial charge in [-0.25, -0.2) is 14.8 Å². The predicted octanol–water partition coefficient (Wildman–Crippen LogP) is 5.31. The lowest BCUT2D eigenvalue weighted by molar-refractivity contribution is -0.141. The van der Waals surface area contributed by atoms with Crippen molar-refractivity contribution in [3.63, 3.8) is 0 Å². The minimum absolute atomic E-state index is 0.0393. The molecule has 3 aliphatic heterocycles. The number of carboxylic acids is 1. The summed E-state index contributed by atoms with van der Waals surface area (Å²) in [6, 6.07) is 12.7. The first kappa shape index (κ1) is 31.6. The molecule has 12 nitrogen and oxygen atoms in total. The number of hydrogen-bond acceptors (Lipinski definition) is 10. The lowest BCUT2D eigenvalue weighted by Gasteiger charge is -2.29. The van der Waals surface area contributed by atoms with Crippen molar-refractivity contribution in [2.24, 2.45) is 11.8 Å². The summed E-state index contributed by atoms with van der Waals surface area (Å²) < 4.78 is 19.3. The number of ketones is 1. The highest BCUT2D eigenvalue weighted by atomic mass is 16.5. The molecular weight excluding hydrogens is 616 g/mol. The van der Waals surface area contributed by atoms with Crippen molar-refractivity contribution in [3.05, 3.63) is 82.3 Å². The van der Waals surface area contributed by atoms with Gasteiger partial charge in [-0.1, -0.05) is 58.0 Å². The van der Waals surface area contributed by atoms with Gasteiger partial charge in [-0.05, 0) is 55.4 Å². The van der Waals surface area contributed by atoms with E-state index >= 15 is 0 Å². The van der Waals surface area contributed by atoms with Gasteiger partial charge in [0.05, 0.1) is 0 Å². The van der Waals surface area contributed by atoms with E-state index in [-0.39, 0.29) is 72.2 Å². The molecule has 2 aromatic heterocycles. The summed E-state index contributed by atoms with van der Waals surface area (Å²) in [6.07, 6.45) is -0.121. The number of aryl methyl sites for hydroxylation is 1. The molecule has 250 valence electrons. The molecule has 0 aliphatic carbocycles. The maximum atomic E-state index is 14.1. The molecule has 0 fully saturated rings. The van der Waals surface area contributed by atoms with Crippen molar-refractivity contribution in [2.75, 3.05) is 5.32 Å². The van der Waals surface area contributed by atoms with E-state index in [1.165, 1.54) is 6.92 Å². The number of hydrogen-bond donors (Lipinski definition) is 4. The molecule has 3 aliphatic rings. The average Bonchev–Trinajstić information content (AvgIpc) is 3.81. The number of rotatable bonds is 8. The van der Waals surface area contributed by atoms with Crippen LogP contribution in [0.15, 0.2) is 51.3 Å². The van der Waals surface area contributed by atoms with Crippen molar-refractivity contribution in [1.29, 1.82) is 0 Å². The number of carboxylic acid groups (broad SMARTS) is 1. The number of aliphatic hydroxyl groups is 1. The normalized spacial score (nSPS) is 22.6. The smallest absolute Gasteiger partial charge is 0.358 e. The number of nitrogens with one attached hydrogen (secondary N) is 2. The van der Waals surface area contributed by atoms with E-state index in [9.17, 15) is 24.6 Å². The number of carbonyl (C=O) groups excluding carboxylic acids is 2. The number of Topliss-reactive ketones (excluding diaryl/α,β-unsaturated/α-hetero) is 1. The number of anilines is 1. The zero-order valence-corrected chi connectivity index (χ0v) is 27.4. The number of aromatic carboxylic acids is 1. The molecule has 1 amide bonds. The van der Waals surface area contributed by atoms with Crippen LogP contribution in [-0.2, 0) is 21.4 Å². The van der Waals surface area contributed by atoms with E-state index < -0.39 is 35.2 Å². The number of benzene rings is 2. The van der Waals surface area contributed by atoms with Gasteiger partial charge in [0.25, 0.3) is 0 Å². The van der Waals surface area contributed by atoms with Crippen LogP contribution in [0.3, 0.4) is 0 Å². The molecule has 4 aromatic rings. The summed E-state index contributed by atoms with van der Waals surface area (Å²) in [6.45, 7) is 8.87. The highest BCUT2D eigenvalue weighted by molar-refractivity contribution is 5.92. The largest absolute Gasteiger partial charge is 0.476 e. The third-order valence-electron chi connectivity index (χ3n) is 10.2. The van der Waals surface area contributed by atoms with E-state index in [1.54, 1.807) is 13.8 Å². The fourth-order valence-electron chi connectivity index (χ4n) is 7.32. The van der Waals surface area contributed by atoms with Crippen molar-refractivity contribution in [1.82, 2.24) is 15.3 Å². The molecule has 0 saturated carbocycles. The summed E-state index contributed by atoms with van der Waals surface area (Å²) in [7, 11) is 0. The lowest BCUT2D eigenvalue weighted by atomic mass is 9.72. The molecule has 48 heavy (non-hydrogen) atoms. The zero-order chi connectivity index (χ0) is 34.1. The Morgan fingerprint density at radius 1 is 1.06 bits per heavy atom. The molecule has 4 bridgehead atoms. The first-order chi connectivity index (χ1) is 22.9. The van der Waals surface area contributed by atoms with Crippen LogP contribution in [0.4, 0.5) is 5.69 Å². The van der Waals surface area contributed by atoms with Crippen molar-refractivity contribution in [2.45, 2.75) is 83.6 Å². The molecule has 12 heteroatoms. The monoisotopic (exact) mass is 654 g/mol. The van der Waals surface area contributed by atoms with E-state index in [2.05, 4.69) is 15.6 Å². The number of oxazole rings is 2. The summed E-state index contributed by atoms with van der Waals surface area (Å²) in [5, 5.41) is 27.4. The second-order valence-electron chi connectivity index (χ2n) is 13.3. The quantitative estimate of drug-likeness (QED) is 0.194. The van der Waals surface area contributed by atoms with Gasteiger partial charge in [0.1, 0.15) is 28.6 Å². The highest BCUT2D eigenvalue weighted by Crippen LogP contribution is 2.59. The van der Waals surface area contributed by atoms with Crippen molar-refractivity contribution < 1.29 is 38.2 Å². The van der Waals surface area contributed by atoms with Gasteiger partial charge in [-0.15, -0.1) is 0 Å². The summed E-state index contributed by atoms with van der Waals surface area (Å²) >= 11 is 0. The van der Waals surface area contributed by atoms with Crippen LogP contribution < -0.4 is 15.4 Å². The van der Waals surface area contributed by atoms with E-state index in [1.807, 2.05) is 56.3 Å². The second kappa shape index (κ2) is 11.3. The molecule has 5 heterocycles. The Hall–Kier alpha value is -4.97. The fourth-order valence-corrected chi connectivity index (χ4v) is 7.32. The standard InChI is InChI=1S/C36H38N4O8/c1-6-35(45,7-2)25(41)16-20-14-19-12-13-24-22(15-19)36(21-10-8-9-11-23(21)37-34(36)47-24)29-28(32-39-27(33(43)44)18(5)46-32)40-31(48-29)26(17(3)4)38-30(20)42/h8-13,15,17,20,26,34,37,45H,6-7,14,16H2,1-5H3,(H,38,42)(H,43,44)/t20?,26-,34-,36?/m0/s1. The second-order valence-corrected chi connectivity index (χ2v) is 13.3. The Morgan fingerprint density at radius 3 is 2.50 bits per heavy atom. The molecule has 1 spiro atoms. The number of aromatic nitrogens is 2. The number of nitrogens with zero attached hydrogens (tertiary/aromatic N) is 2. The number of fused-ring (bicyclic) bond motifs is 4. The molecule has 0 radical (unpaired) electrons. The lowest BCUT2D eigenvalue weighted by Crippen LogP contribution is -2.43. The highest BCUT2D eigenvalue weighted by Gasteiger charge is 2.61. The molecular formula is C36H38N4O8. The van der Waals surface area contributed by atoms with Crippen LogP contribution in [0.1, 0.15) is 97.6 Å². The molecule has 2 aromatic carbocycles. The van der Waals surface area contributed by atoms with Crippen LogP contribution >= 0.6 is 0 Å². The fraction of sp³-hybridized carbons (Fsp3) is 0.417. The van der Waals surface area contributed by atoms with Gasteiger partial charge in [0.15, 0.2) is 29.2 Å². The van der Waals surface area contributed by atoms with Crippen LogP contribution in [0.25, 0.3) is 11.6 Å². The summed E-state index contributed by atoms with van der Waals surface area (Å²) in [5.74, 6) is -1.87. The van der Waals surface area contributed by atoms with Crippen LogP contribution in [0.2, 0.25) is 0 Å². The molecule has 4 atom stereocenters. The summed E-state index contributed by atoms with van der Waals surface area (Å²) in [4.78, 5) is 48.8. The van der Waals surface area contributed by atoms with Crippen molar-refractivity contribution >= 4 is 23.3 Å². The van der Waals surface area contributed by atoms with Crippen LogP contribution in [0.5, 0.6) is 5.75 Å². The third kappa shape index (κ3) is 4.64. The maximum Gasteiger partial charge on any atom is 0.358 e. The van der Waals surface area contributed by atoms with Crippen LogP contribution in [0, 0.1) is 18.8 Å². The van der Waals surface area contributed by atoms with Gasteiger partial charge in [-0.2, -0.15) is 0 Å². The first-order valence-electron chi connectivity index (χ1n) is 16.4. The maximum absolute atomic E-state index is 14.1. The average molecular weight is 655 g/mol. The Morgan fingerprint density at radius 2 is 1.81 bits per heavy atom. The Labute approximate surface area is 276 Å². The first-order valence-corrected chi connectivity index (χ1v) is 16.4. The van der Waals surface area contributed by atoms with Crippen LogP contribution in [-0.4, -0.2) is 49.7 Å². The Bertz CT molecular complexity index is 1960. The van der Waals surface area contributed by atoms with E-state index in [0.717, 1.165) is 22.4 Å². The summed E-state index contributed by atoms with van der Waals surface area (Å²) in [5.41, 5.74) is 0.499. The van der Waals surface area contributed by atoms with E-state index in [4.69, 9.17) is 18.6 Å². The van der Waals surface area contributed by atoms with Gasteiger partial charge in [0.2, 0.25) is 17.7 Å². The predicted molar refractivity (Wildman–Crippen MR) is 173 cm³/mol. The number of carbonyl (C=O) groups is 3. The zero-order valence-electron chi connectivity index (χ0n) is 27.4. The van der Waals surface area contributed by atoms with Crippen molar-refractivity contribution in [3.8, 4) is 17.3 Å². The minimum atomic E-state index is -1.53. The SMILES string of the molecule is CCC(O)(CC)C(=O)CC1Cc2ccc3c(c2)C2(c4ccccc4N[C@H]2O3)c2oc(nc2-c2nc(C(=O)O)c(C)o2)[C@H](C(C)C)NC1=O. The number of amides is 1. The van der Waals surface area contributed by atoms with Gasteiger partial charge < -0.3 is 34.4 Å². The van der Waals surface area contributed by atoms with Gasteiger partial charge in [0, 0.05) is 23.6 Å². The minimum Gasteiger partial charge on any atom is -0.476 e. The van der Waals surface area contributed by atoms with Gasteiger partial charge in [-0.3, -0.25) is 9.59 Å². The van der Waals surface area contributed by atoms with Gasteiger partial charge >= 0.3 is 5.97 Å². The number of ether oxygens (including phenoxy) is 1. The molecule has 4 N–H and O–H groups in total. The van der Waals surface area contributed by atoms with E-state index in [0.29, 0.717) is 11.5 Å². The third-order valence-corrected chi connectivity index (χ3v) is 10.2. The number of para-hydroxylation sites is 1. The molecule has 2 unspecified atom stereocenters. The molecule has 7 rings (SSSR count).